The van der Waals surface area contributed by atoms with Gasteiger partial charge < -0.3 is 15.5 Å². The van der Waals surface area contributed by atoms with Gasteiger partial charge in [-0.05, 0) is 31.8 Å². The highest BCUT2D eigenvalue weighted by molar-refractivity contribution is 4.92. The van der Waals surface area contributed by atoms with Gasteiger partial charge in [0.15, 0.2) is 0 Å². The average Bonchev–Trinajstić information content (AvgIpc) is 2.67. The fourth-order valence-corrected chi connectivity index (χ4v) is 2.95. The molecular weight excluding hydrogens is 186 g/mol. The van der Waals surface area contributed by atoms with Gasteiger partial charge in [-0.25, -0.2) is 0 Å². The largest absolute Gasteiger partial charge is 0.314 e. The molecule has 0 aromatic carbocycles. The molecule has 2 saturated heterocycles. The molecule has 2 aliphatic rings. The standard InChI is InChI=1S/C12H25N3/c1-9(2)11-6-10(7-14-11)12-8-13-4-5-15(12)3/h9-14H,4-8H2,1-3H3. The van der Waals surface area contributed by atoms with E-state index in [4.69, 9.17) is 0 Å². The molecule has 0 bridgehead atoms. The lowest BCUT2D eigenvalue weighted by Gasteiger charge is -2.37. The Balaban J connectivity index is 1.89. The van der Waals surface area contributed by atoms with Crippen LogP contribution in [0.25, 0.3) is 0 Å². The Morgan fingerprint density at radius 2 is 2.07 bits per heavy atom. The van der Waals surface area contributed by atoms with Crippen molar-refractivity contribution in [2.75, 3.05) is 33.2 Å². The van der Waals surface area contributed by atoms with Crippen molar-refractivity contribution in [3.63, 3.8) is 0 Å². The summed E-state index contributed by atoms with van der Waals surface area (Å²) in [6.45, 7) is 9.38. The number of likely N-dealkylation sites (N-methyl/N-ethyl adjacent to an activating group) is 1. The van der Waals surface area contributed by atoms with Crippen molar-refractivity contribution in [1.82, 2.24) is 15.5 Å². The molecule has 0 aliphatic carbocycles. The van der Waals surface area contributed by atoms with Crippen LogP contribution in [0.1, 0.15) is 20.3 Å². The summed E-state index contributed by atoms with van der Waals surface area (Å²) in [7, 11) is 2.27. The maximum atomic E-state index is 3.67. The lowest BCUT2D eigenvalue weighted by atomic mass is 9.91. The summed E-state index contributed by atoms with van der Waals surface area (Å²) in [4.78, 5) is 2.53. The lowest BCUT2D eigenvalue weighted by Crippen LogP contribution is -2.53. The van der Waals surface area contributed by atoms with Crippen LogP contribution in [0.5, 0.6) is 0 Å². The lowest BCUT2D eigenvalue weighted by molar-refractivity contribution is 0.147. The molecule has 15 heavy (non-hydrogen) atoms. The molecule has 3 atom stereocenters. The van der Waals surface area contributed by atoms with Crippen molar-refractivity contribution in [1.29, 1.82) is 0 Å². The van der Waals surface area contributed by atoms with Crippen molar-refractivity contribution >= 4 is 0 Å². The Morgan fingerprint density at radius 3 is 2.67 bits per heavy atom. The van der Waals surface area contributed by atoms with Crippen LogP contribution in [0.4, 0.5) is 0 Å². The van der Waals surface area contributed by atoms with Crippen LogP contribution in [0.15, 0.2) is 0 Å². The molecule has 0 aromatic heterocycles. The van der Waals surface area contributed by atoms with E-state index in [1.807, 2.05) is 0 Å². The van der Waals surface area contributed by atoms with Gasteiger partial charge in [0.2, 0.25) is 0 Å². The van der Waals surface area contributed by atoms with Crippen LogP contribution in [-0.2, 0) is 0 Å². The fourth-order valence-electron chi connectivity index (χ4n) is 2.95. The number of rotatable bonds is 2. The molecule has 3 heteroatoms. The predicted octanol–water partition coefficient (Wildman–Crippen LogP) is 0.524. The number of nitrogens with one attached hydrogen (secondary N) is 2. The van der Waals surface area contributed by atoms with Crippen molar-refractivity contribution in [3.8, 4) is 0 Å². The van der Waals surface area contributed by atoms with E-state index in [-0.39, 0.29) is 0 Å². The molecule has 0 radical (unpaired) electrons. The molecule has 0 aromatic rings. The first kappa shape index (κ1) is 11.4. The van der Waals surface area contributed by atoms with E-state index in [9.17, 15) is 0 Å². The summed E-state index contributed by atoms with van der Waals surface area (Å²) in [5.74, 6) is 1.62. The van der Waals surface area contributed by atoms with Gasteiger partial charge in [-0.2, -0.15) is 0 Å². The highest BCUT2D eigenvalue weighted by Gasteiger charge is 2.34. The Morgan fingerprint density at radius 1 is 1.27 bits per heavy atom. The molecule has 0 amide bonds. The Hall–Kier alpha value is -0.120. The number of hydrogen-bond acceptors (Lipinski definition) is 3. The second kappa shape index (κ2) is 4.81. The zero-order valence-corrected chi connectivity index (χ0v) is 10.3. The molecule has 2 fully saturated rings. The molecule has 2 aliphatic heterocycles. The normalized spacial score (nSPS) is 38.8. The molecule has 0 saturated carbocycles. The number of piperazine rings is 1. The SMILES string of the molecule is CC(C)C1CC(C2CNCCN2C)CN1. The summed E-state index contributed by atoms with van der Waals surface area (Å²) in [6, 6.07) is 1.49. The third-order valence-electron chi connectivity index (χ3n) is 4.11. The molecule has 0 spiro atoms. The molecule has 2 N–H and O–H groups in total. The van der Waals surface area contributed by atoms with E-state index in [1.165, 1.54) is 26.1 Å². The second-order valence-corrected chi connectivity index (χ2v) is 5.51. The zero-order valence-electron chi connectivity index (χ0n) is 10.3. The Bertz CT molecular complexity index is 205. The third kappa shape index (κ3) is 2.52. The quantitative estimate of drug-likeness (QED) is 0.697. The van der Waals surface area contributed by atoms with Crippen LogP contribution in [0, 0.1) is 11.8 Å². The molecule has 3 nitrogen and oxygen atoms in total. The zero-order chi connectivity index (χ0) is 10.8. The number of hydrogen-bond donors (Lipinski definition) is 2. The summed E-state index contributed by atoms with van der Waals surface area (Å²) in [6.07, 6.45) is 1.36. The van der Waals surface area contributed by atoms with E-state index in [0.29, 0.717) is 0 Å². The van der Waals surface area contributed by atoms with E-state index in [0.717, 1.165) is 30.5 Å². The van der Waals surface area contributed by atoms with Crippen molar-refractivity contribution in [3.05, 3.63) is 0 Å². The molecule has 2 rings (SSSR count). The van der Waals surface area contributed by atoms with Crippen molar-refractivity contribution in [2.24, 2.45) is 11.8 Å². The van der Waals surface area contributed by atoms with Crippen LogP contribution < -0.4 is 10.6 Å². The smallest absolute Gasteiger partial charge is 0.0259 e. The summed E-state index contributed by atoms with van der Waals surface area (Å²) in [5.41, 5.74) is 0. The maximum Gasteiger partial charge on any atom is 0.0259 e. The van der Waals surface area contributed by atoms with Crippen LogP contribution in [0.2, 0.25) is 0 Å². The van der Waals surface area contributed by atoms with Gasteiger partial charge in [-0.3, -0.25) is 0 Å². The van der Waals surface area contributed by atoms with E-state index in [1.54, 1.807) is 0 Å². The first-order chi connectivity index (χ1) is 7.18. The van der Waals surface area contributed by atoms with E-state index < -0.39 is 0 Å². The van der Waals surface area contributed by atoms with Gasteiger partial charge in [0, 0.05) is 31.7 Å². The maximum absolute atomic E-state index is 3.67. The minimum absolute atomic E-state index is 0.741. The highest BCUT2D eigenvalue weighted by atomic mass is 15.2. The van der Waals surface area contributed by atoms with E-state index >= 15 is 0 Å². The Kier molecular flexibility index (Phi) is 3.65. The predicted molar refractivity (Wildman–Crippen MR) is 64.0 cm³/mol. The van der Waals surface area contributed by atoms with Crippen LogP contribution in [-0.4, -0.2) is 50.2 Å². The third-order valence-corrected chi connectivity index (χ3v) is 4.11. The first-order valence-electron chi connectivity index (χ1n) is 6.33. The fraction of sp³-hybridized carbons (Fsp3) is 1.00. The van der Waals surface area contributed by atoms with Crippen LogP contribution >= 0.6 is 0 Å². The minimum Gasteiger partial charge on any atom is -0.314 e. The molecule has 88 valence electrons. The van der Waals surface area contributed by atoms with Crippen molar-refractivity contribution < 1.29 is 0 Å². The monoisotopic (exact) mass is 211 g/mol. The summed E-state index contributed by atoms with van der Waals surface area (Å²) < 4.78 is 0. The first-order valence-corrected chi connectivity index (χ1v) is 6.33. The highest BCUT2D eigenvalue weighted by Crippen LogP contribution is 2.25. The number of nitrogens with zero attached hydrogens (tertiary/aromatic N) is 1. The van der Waals surface area contributed by atoms with Gasteiger partial charge in [-0.15, -0.1) is 0 Å². The minimum atomic E-state index is 0.741. The van der Waals surface area contributed by atoms with Gasteiger partial charge in [-0.1, -0.05) is 13.8 Å². The van der Waals surface area contributed by atoms with Crippen molar-refractivity contribution in [2.45, 2.75) is 32.4 Å². The summed E-state index contributed by atoms with van der Waals surface area (Å²) >= 11 is 0. The second-order valence-electron chi connectivity index (χ2n) is 5.51. The molecular formula is C12H25N3. The molecule has 2 heterocycles. The average molecular weight is 211 g/mol. The van der Waals surface area contributed by atoms with Gasteiger partial charge in [0.1, 0.15) is 0 Å². The van der Waals surface area contributed by atoms with Crippen LogP contribution in [0.3, 0.4) is 0 Å². The summed E-state index contributed by atoms with van der Waals surface area (Å²) in [5, 5.41) is 7.19. The Labute approximate surface area is 93.6 Å². The van der Waals surface area contributed by atoms with Gasteiger partial charge in [0.05, 0.1) is 0 Å². The van der Waals surface area contributed by atoms with Gasteiger partial charge in [0.25, 0.3) is 0 Å². The molecule has 3 unspecified atom stereocenters. The van der Waals surface area contributed by atoms with E-state index in [2.05, 4.69) is 36.4 Å². The van der Waals surface area contributed by atoms with Gasteiger partial charge >= 0.3 is 0 Å². The topological polar surface area (TPSA) is 27.3 Å².